The van der Waals surface area contributed by atoms with Gasteiger partial charge >= 0.3 is 11.9 Å². The summed E-state index contributed by atoms with van der Waals surface area (Å²) >= 11 is 0. The summed E-state index contributed by atoms with van der Waals surface area (Å²) in [5.74, 6) is -0.956. The van der Waals surface area contributed by atoms with Gasteiger partial charge in [-0.3, -0.25) is 9.59 Å². The zero-order valence-corrected chi connectivity index (χ0v) is 19.7. The monoisotopic (exact) mass is 468 g/mol. The third-order valence-electron chi connectivity index (χ3n) is 4.92. The van der Waals surface area contributed by atoms with E-state index >= 15 is 0 Å². The summed E-state index contributed by atoms with van der Waals surface area (Å²) in [5, 5.41) is 5.62. The first-order chi connectivity index (χ1) is 16.4. The van der Waals surface area contributed by atoms with Gasteiger partial charge in [0.2, 0.25) is 11.8 Å². The predicted molar refractivity (Wildman–Crippen MR) is 130 cm³/mol. The van der Waals surface area contributed by atoms with Crippen molar-refractivity contribution in [3.8, 4) is 0 Å². The Morgan fingerprint density at radius 1 is 0.588 bits per heavy atom. The molecule has 2 N–H and O–H groups in total. The maximum absolute atomic E-state index is 12.1. The maximum atomic E-state index is 12.1. The molecule has 0 aliphatic carbocycles. The molecule has 0 aliphatic heterocycles. The fourth-order valence-electron chi connectivity index (χ4n) is 3.18. The highest BCUT2D eigenvalue weighted by Gasteiger charge is 2.09. The highest BCUT2D eigenvalue weighted by Crippen LogP contribution is 2.14. The number of ether oxygens (including phenoxy) is 2. The van der Waals surface area contributed by atoms with Crippen LogP contribution in [0.25, 0.3) is 0 Å². The fraction of sp³-hybridized carbons (Fsp3) is 0.385. The van der Waals surface area contributed by atoms with E-state index in [1.54, 1.807) is 62.4 Å². The van der Waals surface area contributed by atoms with Crippen LogP contribution in [0.2, 0.25) is 0 Å². The number of rotatable bonds is 13. The van der Waals surface area contributed by atoms with E-state index in [0.29, 0.717) is 48.6 Å². The molecule has 2 rings (SSSR count). The average Bonchev–Trinajstić information content (AvgIpc) is 2.82. The number of hydrogen-bond donors (Lipinski definition) is 2. The molecule has 0 radical (unpaired) electrons. The summed E-state index contributed by atoms with van der Waals surface area (Å²) < 4.78 is 9.86. The van der Waals surface area contributed by atoms with Gasteiger partial charge in [0.1, 0.15) is 0 Å². The summed E-state index contributed by atoms with van der Waals surface area (Å²) in [6.07, 6.45) is 3.91. The zero-order valence-electron chi connectivity index (χ0n) is 19.7. The molecular formula is C26H32N2O6. The van der Waals surface area contributed by atoms with Gasteiger partial charge in [-0.1, -0.05) is 12.8 Å². The van der Waals surface area contributed by atoms with Crippen molar-refractivity contribution in [1.82, 2.24) is 0 Å². The van der Waals surface area contributed by atoms with Gasteiger partial charge in [-0.25, -0.2) is 9.59 Å². The minimum absolute atomic E-state index is 0.0899. The molecule has 0 aromatic heterocycles. The van der Waals surface area contributed by atoms with Gasteiger partial charge in [0, 0.05) is 24.2 Å². The minimum Gasteiger partial charge on any atom is -0.462 e. The van der Waals surface area contributed by atoms with Gasteiger partial charge in [-0.15, -0.1) is 0 Å². The lowest BCUT2D eigenvalue weighted by atomic mass is 10.1. The number of nitrogens with one attached hydrogen (secondary N) is 2. The number of benzene rings is 2. The second-order valence-electron chi connectivity index (χ2n) is 7.61. The van der Waals surface area contributed by atoms with Crippen LogP contribution in [-0.4, -0.2) is 37.0 Å². The standard InChI is InChI=1S/C26H32N2O6/c1-3-33-25(31)19-11-15-21(16-12-19)27-23(29)9-7-5-6-8-10-24(30)28-22-17-13-20(14-18-22)26(32)34-4-2/h11-18H,3-10H2,1-2H3,(H,27,29)(H,28,30). The van der Waals surface area contributed by atoms with E-state index in [1.807, 2.05) is 0 Å². The minimum atomic E-state index is -0.388. The molecule has 0 atom stereocenters. The van der Waals surface area contributed by atoms with E-state index in [2.05, 4.69) is 10.6 Å². The van der Waals surface area contributed by atoms with Crippen molar-refractivity contribution in [2.45, 2.75) is 52.4 Å². The molecule has 0 aliphatic rings. The van der Waals surface area contributed by atoms with Crippen LogP contribution in [0.1, 0.15) is 73.1 Å². The Morgan fingerprint density at radius 3 is 1.26 bits per heavy atom. The SMILES string of the molecule is CCOC(=O)c1ccc(NC(=O)CCCCCCC(=O)Nc2ccc(C(=O)OCC)cc2)cc1. The second kappa shape index (κ2) is 14.5. The Morgan fingerprint density at radius 2 is 0.941 bits per heavy atom. The Bertz CT molecular complexity index is 875. The van der Waals surface area contributed by atoms with E-state index in [1.165, 1.54) is 0 Å². The molecule has 34 heavy (non-hydrogen) atoms. The third-order valence-corrected chi connectivity index (χ3v) is 4.92. The number of hydrogen-bond acceptors (Lipinski definition) is 6. The number of esters is 2. The molecular weight excluding hydrogens is 436 g/mol. The Hall–Kier alpha value is -3.68. The number of amides is 2. The smallest absolute Gasteiger partial charge is 0.338 e. The first-order valence-electron chi connectivity index (χ1n) is 11.6. The van der Waals surface area contributed by atoms with Crippen LogP contribution < -0.4 is 10.6 Å². The lowest BCUT2D eigenvalue weighted by Gasteiger charge is -2.07. The first kappa shape index (κ1) is 26.6. The molecule has 2 aromatic carbocycles. The molecule has 0 saturated carbocycles. The van der Waals surface area contributed by atoms with Crippen molar-refractivity contribution in [3.05, 3.63) is 59.7 Å². The zero-order chi connectivity index (χ0) is 24.8. The first-order valence-corrected chi connectivity index (χ1v) is 11.6. The van der Waals surface area contributed by atoms with Crippen molar-refractivity contribution in [1.29, 1.82) is 0 Å². The number of carbonyl (C=O) groups is 4. The van der Waals surface area contributed by atoms with E-state index in [9.17, 15) is 19.2 Å². The summed E-state index contributed by atoms with van der Waals surface area (Å²) in [6, 6.07) is 13.2. The third kappa shape index (κ3) is 9.44. The van der Waals surface area contributed by atoms with Gasteiger partial charge in [0.25, 0.3) is 0 Å². The summed E-state index contributed by atoms with van der Waals surface area (Å²) in [7, 11) is 0. The lowest BCUT2D eigenvalue weighted by Crippen LogP contribution is -2.12. The van der Waals surface area contributed by atoms with E-state index in [-0.39, 0.29) is 23.8 Å². The quantitative estimate of drug-likeness (QED) is 0.318. The number of anilines is 2. The molecule has 2 aromatic rings. The van der Waals surface area contributed by atoms with Crippen LogP contribution in [0.5, 0.6) is 0 Å². The molecule has 0 heterocycles. The normalized spacial score (nSPS) is 10.3. The summed E-state index contributed by atoms with van der Waals surface area (Å²) in [5.41, 5.74) is 2.14. The van der Waals surface area contributed by atoms with Gasteiger partial charge < -0.3 is 20.1 Å². The highest BCUT2D eigenvalue weighted by atomic mass is 16.5. The molecule has 2 amide bonds. The molecule has 0 spiro atoms. The second-order valence-corrected chi connectivity index (χ2v) is 7.61. The van der Waals surface area contributed by atoms with Gasteiger partial charge in [-0.2, -0.15) is 0 Å². The summed E-state index contributed by atoms with van der Waals surface area (Å²) in [4.78, 5) is 47.5. The number of carbonyl (C=O) groups excluding carboxylic acids is 4. The van der Waals surface area contributed by atoms with Gasteiger partial charge in [-0.05, 0) is 75.2 Å². The molecule has 0 unspecified atom stereocenters. The van der Waals surface area contributed by atoms with Crippen LogP contribution in [0, 0.1) is 0 Å². The average molecular weight is 469 g/mol. The van der Waals surface area contributed by atoms with Crippen LogP contribution >= 0.6 is 0 Å². The largest absolute Gasteiger partial charge is 0.462 e. The topological polar surface area (TPSA) is 111 Å². The maximum Gasteiger partial charge on any atom is 0.338 e. The molecule has 8 nitrogen and oxygen atoms in total. The van der Waals surface area contributed by atoms with Crippen molar-refractivity contribution in [3.63, 3.8) is 0 Å². The van der Waals surface area contributed by atoms with Gasteiger partial charge in [0.15, 0.2) is 0 Å². The van der Waals surface area contributed by atoms with Crippen LogP contribution in [0.15, 0.2) is 48.5 Å². The van der Waals surface area contributed by atoms with Crippen LogP contribution in [-0.2, 0) is 19.1 Å². The molecule has 0 fully saturated rings. The Kier molecular flexibility index (Phi) is 11.3. The number of unbranched alkanes of at least 4 members (excludes halogenated alkanes) is 3. The Labute approximate surface area is 200 Å². The van der Waals surface area contributed by atoms with Crippen LogP contribution in [0.4, 0.5) is 11.4 Å². The van der Waals surface area contributed by atoms with Crippen molar-refractivity contribution in [2.75, 3.05) is 23.8 Å². The molecule has 182 valence electrons. The summed E-state index contributed by atoms with van der Waals surface area (Å²) in [6.45, 7) is 4.12. The van der Waals surface area contributed by atoms with Crippen LogP contribution in [0.3, 0.4) is 0 Å². The van der Waals surface area contributed by atoms with E-state index in [4.69, 9.17) is 9.47 Å². The van der Waals surface area contributed by atoms with E-state index < -0.39 is 0 Å². The molecule has 0 saturated heterocycles. The van der Waals surface area contributed by atoms with Gasteiger partial charge in [0.05, 0.1) is 24.3 Å². The van der Waals surface area contributed by atoms with Crippen molar-refractivity contribution < 1.29 is 28.7 Å². The fourth-order valence-corrected chi connectivity index (χ4v) is 3.18. The lowest BCUT2D eigenvalue weighted by molar-refractivity contribution is -0.117. The van der Waals surface area contributed by atoms with E-state index in [0.717, 1.165) is 25.7 Å². The Balaban J connectivity index is 1.58. The van der Waals surface area contributed by atoms with Crippen molar-refractivity contribution >= 4 is 35.1 Å². The molecule has 0 bridgehead atoms. The highest BCUT2D eigenvalue weighted by molar-refractivity contribution is 5.94. The van der Waals surface area contributed by atoms with Crippen molar-refractivity contribution in [2.24, 2.45) is 0 Å². The molecule has 8 heteroatoms. The predicted octanol–water partition coefficient (Wildman–Crippen LogP) is 4.96.